The number of nitrogens with zero attached hydrogens (tertiary/aromatic N) is 3. The van der Waals surface area contributed by atoms with E-state index in [-0.39, 0.29) is 12.4 Å². The number of methoxy groups -OCH3 is 1. The Morgan fingerprint density at radius 1 is 1.27 bits per heavy atom. The van der Waals surface area contributed by atoms with Gasteiger partial charge in [0.2, 0.25) is 0 Å². The Labute approximate surface area is 139 Å². The topological polar surface area (TPSA) is 40.6 Å². The van der Waals surface area contributed by atoms with Gasteiger partial charge in [0.1, 0.15) is 5.75 Å². The van der Waals surface area contributed by atoms with Gasteiger partial charge in [-0.05, 0) is 13.3 Å². The Balaban J connectivity index is 0.00000176. The quantitative estimate of drug-likeness (QED) is 0.903. The summed E-state index contributed by atoms with van der Waals surface area (Å²) in [5.41, 5.74) is 2.15. The second-order valence-corrected chi connectivity index (χ2v) is 6.10. The van der Waals surface area contributed by atoms with Crippen molar-refractivity contribution in [3.05, 3.63) is 23.5 Å². The van der Waals surface area contributed by atoms with E-state index < -0.39 is 0 Å². The van der Waals surface area contributed by atoms with Gasteiger partial charge in [-0.15, -0.1) is 12.4 Å². The van der Waals surface area contributed by atoms with Crippen LogP contribution in [0.1, 0.15) is 17.8 Å². The van der Waals surface area contributed by atoms with Gasteiger partial charge in [0.05, 0.1) is 12.8 Å². The number of ether oxygens (including phenoxy) is 1. The molecule has 1 atom stereocenters. The first-order chi connectivity index (χ1) is 10.2. The summed E-state index contributed by atoms with van der Waals surface area (Å²) in [6.45, 7) is 9.94. The molecule has 3 rings (SSSR count). The molecule has 0 amide bonds. The molecule has 2 fully saturated rings. The Hall–Kier alpha value is -0.880. The van der Waals surface area contributed by atoms with Crippen LogP contribution < -0.4 is 10.1 Å². The molecule has 3 heterocycles. The fraction of sp³-hybridized carbons (Fsp3) is 0.688. The van der Waals surface area contributed by atoms with Crippen LogP contribution in [0.15, 0.2) is 12.1 Å². The zero-order valence-corrected chi connectivity index (χ0v) is 14.4. The average molecular weight is 327 g/mol. The smallest absolute Gasteiger partial charge is 0.122 e. The van der Waals surface area contributed by atoms with E-state index in [1.54, 1.807) is 7.11 Å². The summed E-state index contributed by atoms with van der Waals surface area (Å²) in [5.74, 6) is 0.912. The van der Waals surface area contributed by atoms with Crippen molar-refractivity contribution in [3.8, 4) is 5.75 Å². The summed E-state index contributed by atoms with van der Waals surface area (Å²) < 4.78 is 5.34. The molecule has 5 nitrogen and oxygen atoms in total. The number of piperazine rings is 1. The summed E-state index contributed by atoms with van der Waals surface area (Å²) in [4.78, 5) is 9.80. The number of likely N-dealkylation sites (tertiary alicyclic amines) is 1. The third-order valence-electron chi connectivity index (χ3n) is 4.52. The highest BCUT2D eigenvalue weighted by Crippen LogP contribution is 2.20. The first-order valence-corrected chi connectivity index (χ1v) is 7.93. The van der Waals surface area contributed by atoms with Crippen LogP contribution in [-0.4, -0.2) is 67.2 Å². The van der Waals surface area contributed by atoms with Gasteiger partial charge in [0, 0.05) is 69.7 Å². The van der Waals surface area contributed by atoms with Gasteiger partial charge in [0.15, 0.2) is 0 Å². The lowest BCUT2D eigenvalue weighted by Gasteiger charge is -2.32. The van der Waals surface area contributed by atoms with Crippen LogP contribution in [0.3, 0.4) is 0 Å². The van der Waals surface area contributed by atoms with Crippen molar-refractivity contribution in [2.24, 2.45) is 0 Å². The normalized spacial score (nSPS) is 23.3. The lowest BCUT2D eigenvalue weighted by Crippen LogP contribution is -2.49. The van der Waals surface area contributed by atoms with Gasteiger partial charge < -0.3 is 10.1 Å². The number of pyridine rings is 1. The van der Waals surface area contributed by atoms with Crippen LogP contribution in [0.25, 0.3) is 0 Å². The van der Waals surface area contributed by atoms with Gasteiger partial charge >= 0.3 is 0 Å². The van der Waals surface area contributed by atoms with Crippen molar-refractivity contribution >= 4 is 12.4 Å². The summed E-state index contributed by atoms with van der Waals surface area (Å²) in [7, 11) is 1.72. The Morgan fingerprint density at radius 3 is 2.77 bits per heavy atom. The minimum absolute atomic E-state index is 0. The fourth-order valence-electron chi connectivity index (χ4n) is 3.43. The molecule has 1 unspecified atom stereocenters. The second-order valence-electron chi connectivity index (χ2n) is 6.10. The number of hydrogen-bond acceptors (Lipinski definition) is 5. The lowest BCUT2D eigenvalue weighted by molar-refractivity contribution is 0.170. The minimum atomic E-state index is 0. The highest BCUT2D eigenvalue weighted by molar-refractivity contribution is 5.85. The molecule has 1 aromatic heterocycles. The van der Waals surface area contributed by atoms with Crippen molar-refractivity contribution in [1.29, 1.82) is 0 Å². The van der Waals surface area contributed by atoms with Gasteiger partial charge in [-0.2, -0.15) is 0 Å². The molecule has 0 aromatic carbocycles. The number of rotatable bonds is 4. The molecule has 1 aromatic rings. The molecule has 2 saturated heterocycles. The molecule has 0 radical (unpaired) electrons. The maximum absolute atomic E-state index is 5.34. The molecule has 2 aliphatic heterocycles. The molecule has 0 bridgehead atoms. The molecule has 2 aliphatic rings. The molecule has 6 heteroatoms. The van der Waals surface area contributed by atoms with Gasteiger partial charge in [-0.25, -0.2) is 0 Å². The van der Waals surface area contributed by atoms with E-state index in [4.69, 9.17) is 4.74 Å². The summed E-state index contributed by atoms with van der Waals surface area (Å²) >= 11 is 0. The maximum Gasteiger partial charge on any atom is 0.122 e. The molecular formula is C16H27ClN4O. The van der Waals surface area contributed by atoms with Crippen molar-refractivity contribution in [2.45, 2.75) is 25.9 Å². The summed E-state index contributed by atoms with van der Waals surface area (Å²) in [6, 6.07) is 4.76. The fourth-order valence-corrected chi connectivity index (χ4v) is 3.43. The van der Waals surface area contributed by atoms with Crippen molar-refractivity contribution in [2.75, 3.05) is 46.4 Å². The highest BCUT2D eigenvalue weighted by Gasteiger charge is 2.28. The largest absolute Gasteiger partial charge is 0.497 e. The Kier molecular flexibility index (Phi) is 6.44. The van der Waals surface area contributed by atoms with Gasteiger partial charge in [-0.3, -0.25) is 14.8 Å². The van der Waals surface area contributed by atoms with E-state index in [0.717, 1.165) is 49.4 Å². The predicted octanol–water partition coefficient (Wildman–Crippen LogP) is 1.30. The molecule has 22 heavy (non-hydrogen) atoms. The molecule has 124 valence electrons. The van der Waals surface area contributed by atoms with Crippen molar-refractivity contribution in [1.82, 2.24) is 20.1 Å². The van der Waals surface area contributed by atoms with Gasteiger partial charge in [-0.1, -0.05) is 0 Å². The summed E-state index contributed by atoms with van der Waals surface area (Å²) in [6.07, 6.45) is 1.28. The highest BCUT2D eigenvalue weighted by atomic mass is 35.5. The van der Waals surface area contributed by atoms with Crippen LogP contribution in [-0.2, 0) is 6.54 Å². The van der Waals surface area contributed by atoms with E-state index in [9.17, 15) is 0 Å². The summed E-state index contributed by atoms with van der Waals surface area (Å²) in [5, 5.41) is 3.43. The van der Waals surface area contributed by atoms with E-state index in [2.05, 4.69) is 26.2 Å². The van der Waals surface area contributed by atoms with E-state index >= 15 is 0 Å². The standard InChI is InChI=1S/C16H26N4O.ClH/c1-13-9-16(21-2)10-14(18-13)11-19-6-3-15(12-19)20-7-4-17-5-8-20;/h9-10,15,17H,3-8,11-12H2,1-2H3;1H. The molecule has 0 aliphatic carbocycles. The third kappa shape index (κ3) is 4.32. The first-order valence-electron chi connectivity index (χ1n) is 7.93. The monoisotopic (exact) mass is 326 g/mol. The number of hydrogen-bond donors (Lipinski definition) is 1. The predicted molar refractivity (Wildman–Crippen MR) is 90.9 cm³/mol. The van der Waals surface area contributed by atoms with Crippen LogP contribution in [0.4, 0.5) is 0 Å². The van der Waals surface area contributed by atoms with Crippen LogP contribution in [0.2, 0.25) is 0 Å². The Bertz CT molecular complexity index is 479. The van der Waals surface area contributed by atoms with Gasteiger partial charge in [0.25, 0.3) is 0 Å². The zero-order valence-electron chi connectivity index (χ0n) is 13.5. The third-order valence-corrected chi connectivity index (χ3v) is 4.52. The van der Waals surface area contributed by atoms with Crippen molar-refractivity contribution < 1.29 is 4.74 Å². The maximum atomic E-state index is 5.34. The average Bonchev–Trinajstić information content (AvgIpc) is 2.96. The van der Waals surface area contributed by atoms with Crippen LogP contribution in [0, 0.1) is 6.92 Å². The van der Waals surface area contributed by atoms with E-state index in [1.807, 2.05) is 13.0 Å². The number of halogens is 1. The number of nitrogens with one attached hydrogen (secondary N) is 1. The molecule has 1 N–H and O–H groups in total. The zero-order chi connectivity index (χ0) is 14.7. The molecular weight excluding hydrogens is 300 g/mol. The molecule has 0 spiro atoms. The number of aryl methyl sites for hydroxylation is 1. The minimum Gasteiger partial charge on any atom is -0.497 e. The second kappa shape index (κ2) is 8.11. The lowest BCUT2D eigenvalue weighted by atomic mass is 10.2. The first kappa shape index (κ1) is 17.5. The Morgan fingerprint density at radius 2 is 2.05 bits per heavy atom. The SMILES string of the molecule is COc1cc(C)nc(CN2CCC(N3CCNCC3)C2)c1.Cl. The van der Waals surface area contributed by atoms with Crippen LogP contribution in [0.5, 0.6) is 5.75 Å². The van der Waals surface area contributed by atoms with Crippen LogP contribution >= 0.6 is 12.4 Å². The van der Waals surface area contributed by atoms with E-state index in [0.29, 0.717) is 0 Å². The number of aromatic nitrogens is 1. The van der Waals surface area contributed by atoms with Crippen molar-refractivity contribution in [3.63, 3.8) is 0 Å². The van der Waals surface area contributed by atoms with E-state index in [1.165, 1.54) is 26.1 Å². The molecule has 0 saturated carbocycles.